The molecule has 2 aromatic rings. The number of carbonyl (C=O) groups is 1. The molecule has 7 heteroatoms. The first-order valence-electron chi connectivity index (χ1n) is 12.6. The quantitative estimate of drug-likeness (QED) is 0.512. The first-order valence-corrected chi connectivity index (χ1v) is 12.6. The van der Waals surface area contributed by atoms with E-state index < -0.39 is 23.7 Å². The van der Waals surface area contributed by atoms with Gasteiger partial charge in [-0.25, -0.2) is 9.37 Å². The molecule has 0 radical (unpaired) electrons. The number of hydrogen-bond acceptors (Lipinski definition) is 5. The smallest absolute Gasteiger partial charge is 0.218 e. The zero-order chi connectivity index (χ0) is 25.2. The Morgan fingerprint density at radius 2 is 2.00 bits per heavy atom. The van der Waals surface area contributed by atoms with Gasteiger partial charge in [0.25, 0.3) is 0 Å². The van der Waals surface area contributed by atoms with Gasteiger partial charge in [-0.15, -0.1) is 0 Å². The summed E-state index contributed by atoms with van der Waals surface area (Å²) in [6, 6.07) is 11.1. The number of ether oxygens (including phenoxy) is 1. The number of aromatic nitrogens is 1. The third kappa shape index (κ3) is 6.01. The van der Waals surface area contributed by atoms with Crippen LogP contribution in [0.25, 0.3) is 0 Å². The summed E-state index contributed by atoms with van der Waals surface area (Å²) in [4.78, 5) is 16.3. The van der Waals surface area contributed by atoms with E-state index in [1.807, 2.05) is 57.2 Å². The number of nitrogens with one attached hydrogen (secondary N) is 2. The Bertz CT molecular complexity index is 1020. The van der Waals surface area contributed by atoms with Crippen LogP contribution in [0.4, 0.5) is 4.39 Å². The van der Waals surface area contributed by atoms with E-state index in [1.54, 1.807) is 6.20 Å². The van der Waals surface area contributed by atoms with Gasteiger partial charge in [0, 0.05) is 43.3 Å². The number of aliphatic hydroxyl groups excluding tert-OH is 1. The number of alkyl halides is 1. The van der Waals surface area contributed by atoms with Crippen molar-refractivity contribution < 1.29 is 19.0 Å². The first-order chi connectivity index (χ1) is 16.6. The maximum Gasteiger partial charge on any atom is 0.218 e. The molecule has 1 amide bonds. The van der Waals surface area contributed by atoms with E-state index in [4.69, 9.17) is 4.74 Å². The molecule has 1 fully saturated rings. The fraction of sp³-hybridized carbons (Fsp3) is 0.571. The minimum Gasteiger partial charge on any atom is -0.471 e. The Balaban J connectivity index is 1.52. The standard InChI is InChI=1S/C28H38FN3O3/c1-18(33)32-22(13-19-9-6-5-7-10-19)24(34)17-30-23-15-28(11-8-12-28)35-26-21(23)14-20(16-31-26)25(29)27(2,3)4/h5-7,9-10,14,16,22-25,30,34H,8,11-13,15,17H2,1-4H3,(H,32,33)/t22-,23-,24-,25-/m0/s1. The van der Waals surface area contributed by atoms with Crippen LogP contribution in [-0.4, -0.2) is 40.3 Å². The van der Waals surface area contributed by atoms with Crippen molar-refractivity contribution in [2.24, 2.45) is 5.41 Å². The molecule has 2 heterocycles. The highest BCUT2D eigenvalue weighted by molar-refractivity contribution is 5.73. The Labute approximate surface area is 207 Å². The number of hydrogen-bond donors (Lipinski definition) is 3. The van der Waals surface area contributed by atoms with Crippen molar-refractivity contribution in [3.8, 4) is 5.88 Å². The van der Waals surface area contributed by atoms with E-state index in [2.05, 4.69) is 15.6 Å². The predicted molar refractivity (Wildman–Crippen MR) is 134 cm³/mol. The molecule has 6 nitrogen and oxygen atoms in total. The second-order valence-electron chi connectivity index (χ2n) is 11.3. The summed E-state index contributed by atoms with van der Waals surface area (Å²) in [6.45, 7) is 7.36. The topological polar surface area (TPSA) is 83.5 Å². The van der Waals surface area contributed by atoms with Gasteiger partial charge >= 0.3 is 0 Å². The fourth-order valence-electron chi connectivity index (χ4n) is 5.07. The van der Waals surface area contributed by atoms with E-state index in [9.17, 15) is 9.90 Å². The van der Waals surface area contributed by atoms with Crippen LogP contribution in [-0.2, 0) is 11.2 Å². The molecule has 35 heavy (non-hydrogen) atoms. The van der Waals surface area contributed by atoms with Crippen LogP contribution in [0.5, 0.6) is 5.88 Å². The number of halogens is 1. The fourth-order valence-corrected chi connectivity index (χ4v) is 5.07. The average molecular weight is 484 g/mol. The average Bonchev–Trinajstić information content (AvgIpc) is 2.79. The number of aliphatic hydroxyl groups is 1. The Morgan fingerprint density at radius 1 is 1.29 bits per heavy atom. The molecular weight excluding hydrogens is 445 g/mol. The molecule has 1 aliphatic carbocycles. The molecule has 1 aliphatic heterocycles. The van der Waals surface area contributed by atoms with E-state index in [1.165, 1.54) is 6.92 Å². The highest BCUT2D eigenvalue weighted by atomic mass is 19.1. The van der Waals surface area contributed by atoms with Crippen LogP contribution < -0.4 is 15.4 Å². The van der Waals surface area contributed by atoms with E-state index in [0.29, 0.717) is 17.9 Å². The van der Waals surface area contributed by atoms with Crippen molar-refractivity contribution in [2.75, 3.05) is 6.54 Å². The zero-order valence-corrected chi connectivity index (χ0v) is 21.2. The molecule has 1 aromatic carbocycles. The third-order valence-corrected chi connectivity index (χ3v) is 7.21. The number of carbonyl (C=O) groups excluding carboxylic acids is 1. The molecule has 0 saturated heterocycles. The van der Waals surface area contributed by atoms with Gasteiger partial charge in [0.1, 0.15) is 11.8 Å². The highest BCUT2D eigenvalue weighted by Crippen LogP contribution is 2.49. The van der Waals surface area contributed by atoms with Crippen LogP contribution in [0, 0.1) is 5.41 Å². The molecule has 4 atom stereocenters. The molecule has 190 valence electrons. The SMILES string of the molecule is CC(=O)N[C@@H](Cc1ccccc1)[C@@H](O)CN[C@H]1CC2(CCC2)Oc2ncc([C@H](F)C(C)(C)C)cc21. The van der Waals surface area contributed by atoms with Crippen molar-refractivity contribution in [1.82, 2.24) is 15.6 Å². The van der Waals surface area contributed by atoms with Crippen molar-refractivity contribution in [3.05, 3.63) is 59.3 Å². The lowest BCUT2D eigenvalue weighted by atomic mass is 9.73. The van der Waals surface area contributed by atoms with Gasteiger partial charge < -0.3 is 20.5 Å². The molecule has 1 aromatic heterocycles. The summed E-state index contributed by atoms with van der Waals surface area (Å²) in [5.41, 5.74) is 1.63. The summed E-state index contributed by atoms with van der Waals surface area (Å²) < 4.78 is 21.4. The van der Waals surface area contributed by atoms with Gasteiger partial charge in [0.2, 0.25) is 11.8 Å². The van der Waals surface area contributed by atoms with E-state index >= 15 is 4.39 Å². The van der Waals surface area contributed by atoms with E-state index in [0.717, 1.165) is 36.8 Å². The van der Waals surface area contributed by atoms with Crippen LogP contribution >= 0.6 is 0 Å². The second kappa shape index (κ2) is 10.2. The lowest BCUT2D eigenvalue weighted by Crippen LogP contribution is -2.52. The molecular formula is C28H38FN3O3. The van der Waals surface area contributed by atoms with Crippen molar-refractivity contribution in [3.63, 3.8) is 0 Å². The minimum absolute atomic E-state index is 0.122. The van der Waals surface area contributed by atoms with Gasteiger partial charge in [-0.2, -0.15) is 0 Å². The van der Waals surface area contributed by atoms with Gasteiger partial charge in [-0.05, 0) is 42.7 Å². The molecule has 0 bridgehead atoms. The van der Waals surface area contributed by atoms with Crippen LogP contribution in [0.1, 0.15) is 82.3 Å². The summed E-state index contributed by atoms with van der Waals surface area (Å²) in [6.07, 6.45) is 3.95. The highest BCUT2D eigenvalue weighted by Gasteiger charge is 2.46. The number of rotatable bonds is 8. The molecule has 3 N–H and O–H groups in total. The first kappa shape index (κ1) is 25.6. The lowest BCUT2D eigenvalue weighted by molar-refractivity contribution is -0.120. The second-order valence-corrected chi connectivity index (χ2v) is 11.3. The number of fused-ring (bicyclic) bond motifs is 1. The predicted octanol–water partition coefficient (Wildman–Crippen LogP) is 4.58. The maximum absolute atomic E-state index is 15.1. The molecule has 0 unspecified atom stereocenters. The number of amides is 1. The van der Waals surface area contributed by atoms with Gasteiger partial charge in [0.05, 0.1) is 12.1 Å². The lowest BCUT2D eigenvalue weighted by Gasteiger charge is -2.47. The normalized spacial score (nSPS) is 21.3. The molecule has 1 saturated carbocycles. The molecule has 1 spiro atoms. The summed E-state index contributed by atoms with van der Waals surface area (Å²) in [5, 5.41) is 17.5. The summed E-state index contributed by atoms with van der Waals surface area (Å²) in [5.74, 6) is 0.371. The van der Waals surface area contributed by atoms with Crippen LogP contribution in [0.2, 0.25) is 0 Å². The summed E-state index contributed by atoms with van der Waals surface area (Å²) >= 11 is 0. The Kier molecular flexibility index (Phi) is 7.48. The van der Waals surface area contributed by atoms with E-state index in [-0.39, 0.29) is 24.1 Å². The van der Waals surface area contributed by atoms with Gasteiger partial charge in [0.15, 0.2) is 0 Å². The number of nitrogens with zero attached hydrogens (tertiary/aromatic N) is 1. The monoisotopic (exact) mass is 483 g/mol. The van der Waals surface area contributed by atoms with Gasteiger partial charge in [-0.3, -0.25) is 4.79 Å². The summed E-state index contributed by atoms with van der Waals surface area (Å²) in [7, 11) is 0. The molecule has 2 aliphatic rings. The van der Waals surface area contributed by atoms with Crippen molar-refractivity contribution in [1.29, 1.82) is 0 Å². The number of pyridine rings is 1. The Hall–Kier alpha value is -2.51. The van der Waals surface area contributed by atoms with Crippen LogP contribution in [0.3, 0.4) is 0 Å². The zero-order valence-electron chi connectivity index (χ0n) is 21.2. The van der Waals surface area contributed by atoms with Crippen LogP contribution in [0.15, 0.2) is 42.6 Å². The minimum atomic E-state index is -1.15. The Morgan fingerprint density at radius 3 is 2.60 bits per heavy atom. The van der Waals surface area contributed by atoms with Gasteiger partial charge in [-0.1, -0.05) is 51.1 Å². The number of benzene rings is 1. The van der Waals surface area contributed by atoms with Crippen molar-refractivity contribution in [2.45, 2.75) is 89.8 Å². The largest absolute Gasteiger partial charge is 0.471 e. The van der Waals surface area contributed by atoms with Crippen molar-refractivity contribution >= 4 is 5.91 Å². The third-order valence-electron chi connectivity index (χ3n) is 7.21. The molecule has 4 rings (SSSR count). The maximum atomic E-state index is 15.1.